The average Bonchev–Trinajstić information content (AvgIpc) is 2.98. The van der Waals surface area contributed by atoms with Crippen LogP contribution in [0.5, 0.6) is 0 Å². The summed E-state index contributed by atoms with van der Waals surface area (Å²) in [6.45, 7) is 1.65. The molecule has 6 heteroatoms. The predicted octanol–water partition coefficient (Wildman–Crippen LogP) is 0.271. The highest BCUT2D eigenvalue weighted by molar-refractivity contribution is 7.90. The summed E-state index contributed by atoms with van der Waals surface area (Å²) in [7, 11) is -3.41. The van der Waals surface area contributed by atoms with Gasteiger partial charge in [-0.15, -0.1) is 0 Å². The topological polar surface area (TPSA) is 87.1 Å². The van der Waals surface area contributed by atoms with Crippen LogP contribution in [0.1, 0.15) is 26.2 Å². The first-order valence-corrected chi connectivity index (χ1v) is 6.57. The molecule has 1 amide bonds. The lowest BCUT2D eigenvalue weighted by Crippen LogP contribution is -2.34. The van der Waals surface area contributed by atoms with E-state index in [1.165, 1.54) is 0 Å². The summed E-state index contributed by atoms with van der Waals surface area (Å²) in [5.41, 5.74) is 0.457. The number of rotatable bonds is 4. The highest BCUT2D eigenvalue weighted by Gasteiger charge is 2.47. The Labute approximate surface area is 88.8 Å². The van der Waals surface area contributed by atoms with Crippen molar-refractivity contribution >= 4 is 21.6 Å². The Kier molecular flexibility index (Phi) is 2.33. The Morgan fingerprint density at radius 1 is 1.33 bits per heavy atom. The molecular formula is C9H14N2O3S. The third-order valence-electron chi connectivity index (χ3n) is 2.89. The van der Waals surface area contributed by atoms with E-state index in [4.69, 9.17) is 5.41 Å². The maximum absolute atomic E-state index is 11.5. The zero-order chi connectivity index (χ0) is 11.2. The molecule has 2 rings (SSSR count). The summed E-state index contributed by atoms with van der Waals surface area (Å²) in [5, 5.41) is 6.97. The van der Waals surface area contributed by atoms with Crippen LogP contribution >= 0.6 is 0 Å². The Bertz CT molecular complexity index is 411. The Balaban J connectivity index is 1.91. The smallest absolute Gasteiger partial charge is 0.237 e. The van der Waals surface area contributed by atoms with Crippen LogP contribution in [0.4, 0.5) is 0 Å². The third kappa shape index (κ3) is 2.19. The molecule has 2 aliphatic rings. The maximum Gasteiger partial charge on any atom is 0.237 e. The van der Waals surface area contributed by atoms with E-state index in [0.29, 0.717) is 25.0 Å². The van der Waals surface area contributed by atoms with Gasteiger partial charge in [-0.05, 0) is 26.2 Å². The summed E-state index contributed by atoms with van der Waals surface area (Å²) in [4.78, 5) is 11.5. The van der Waals surface area contributed by atoms with Crippen molar-refractivity contribution in [3.63, 3.8) is 0 Å². The van der Waals surface area contributed by atoms with Gasteiger partial charge in [0.05, 0.1) is 5.25 Å². The predicted molar refractivity (Wildman–Crippen MR) is 55.1 cm³/mol. The molecule has 2 N–H and O–H groups in total. The number of hydrogen-bond donors (Lipinski definition) is 2. The number of carbonyl (C=O) groups excluding carboxylic acids is 1. The van der Waals surface area contributed by atoms with Crippen LogP contribution in [0.25, 0.3) is 0 Å². The molecule has 0 bridgehead atoms. The van der Waals surface area contributed by atoms with Gasteiger partial charge in [-0.3, -0.25) is 9.52 Å². The number of hydrogen-bond acceptors (Lipinski definition) is 4. The molecule has 5 nitrogen and oxygen atoms in total. The molecule has 2 atom stereocenters. The minimum Gasteiger partial charge on any atom is -0.310 e. The van der Waals surface area contributed by atoms with Gasteiger partial charge in [-0.2, -0.15) is 0 Å². The molecule has 2 aliphatic carbocycles. The molecule has 0 spiro atoms. The molecule has 0 aliphatic heterocycles. The van der Waals surface area contributed by atoms with Crippen LogP contribution < -0.4 is 4.72 Å². The molecule has 2 saturated carbocycles. The van der Waals surface area contributed by atoms with Gasteiger partial charge in [0, 0.05) is 17.5 Å². The van der Waals surface area contributed by atoms with Gasteiger partial charge in [-0.25, -0.2) is 8.42 Å². The minimum absolute atomic E-state index is 0.0422. The van der Waals surface area contributed by atoms with Crippen LogP contribution in [-0.4, -0.2) is 25.3 Å². The number of carbonyl (C=O) groups is 1. The van der Waals surface area contributed by atoms with E-state index in [2.05, 4.69) is 4.72 Å². The standard InChI is InChI=1S/C9H14N2O3S/c1-5(10)7-4-8(7)9(12)11-15(13,14)6-2-3-6/h6-8,10H,2-4H2,1H3,(H,11,12)/t7-,8-/m1/s1. The maximum atomic E-state index is 11.5. The molecule has 84 valence electrons. The van der Waals surface area contributed by atoms with Crippen LogP contribution in [0.3, 0.4) is 0 Å². The largest absolute Gasteiger partial charge is 0.310 e. The minimum atomic E-state index is -3.41. The van der Waals surface area contributed by atoms with E-state index in [-0.39, 0.29) is 17.1 Å². The molecule has 0 radical (unpaired) electrons. The summed E-state index contributed by atoms with van der Waals surface area (Å²) >= 11 is 0. The summed E-state index contributed by atoms with van der Waals surface area (Å²) in [6, 6.07) is 0. The quantitative estimate of drug-likeness (QED) is 0.679. The highest BCUT2D eigenvalue weighted by Crippen LogP contribution is 2.40. The first kappa shape index (κ1) is 10.6. The molecule has 2 fully saturated rings. The number of amides is 1. The fraction of sp³-hybridized carbons (Fsp3) is 0.778. The zero-order valence-corrected chi connectivity index (χ0v) is 9.30. The summed E-state index contributed by atoms with van der Waals surface area (Å²) in [5.74, 6) is -0.770. The second-order valence-corrected chi connectivity index (χ2v) is 6.30. The molecule has 15 heavy (non-hydrogen) atoms. The molecule has 0 saturated heterocycles. The van der Waals surface area contributed by atoms with Crippen molar-refractivity contribution in [3.05, 3.63) is 0 Å². The second kappa shape index (κ2) is 3.30. The van der Waals surface area contributed by atoms with Crippen molar-refractivity contribution in [2.75, 3.05) is 0 Å². The fourth-order valence-electron chi connectivity index (χ4n) is 1.64. The first-order valence-electron chi connectivity index (χ1n) is 5.02. The van der Waals surface area contributed by atoms with E-state index in [1.54, 1.807) is 6.92 Å². The lowest BCUT2D eigenvalue weighted by Gasteiger charge is -2.04. The van der Waals surface area contributed by atoms with Gasteiger partial charge in [0.1, 0.15) is 0 Å². The lowest BCUT2D eigenvalue weighted by molar-refractivity contribution is -0.120. The van der Waals surface area contributed by atoms with Crippen molar-refractivity contribution in [1.82, 2.24) is 4.72 Å². The average molecular weight is 230 g/mol. The normalized spacial score (nSPS) is 29.7. The van der Waals surface area contributed by atoms with Crippen LogP contribution in [0.2, 0.25) is 0 Å². The summed E-state index contributed by atoms with van der Waals surface area (Å²) < 4.78 is 25.0. The van der Waals surface area contributed by atoms with Gasteiger partial charge in [0.2, 0.25) is 15.9 Å². The van der Waals surface area contributed by atoms with Gasteiger partial charge >= 0.3 is 0 Å². The monoisotopic (exact) mass is 230 g/mol. The molecule has 0 aromatic heterocycles. The van der Waals surface area contributed by atoms with Crippen LogP contribution in [-0.2, 0) is 14.8 Å². The molecule has 0 heterocycles. The van der Waals surface area contributed by atoms with E-state index < -0.39 is 15.9 Å². The van der Waals surface area contributed by atoms with Crippen LogP contribution in [0.15, 0.2) is 0 Å². The van der Waals surface area contributed by atoms with Gasteiger partial charge in [0.25, 0.3) is 0 Å². The zero-order valence-electron chi connectivity index (χ0n) is 8.49. The molecule has 0 aromatic rings. The van der Waals surface area contributed by atoms with Gasteiger partial charge in [0.15, 0.2) is 0 Å². The lowest BCUT2D eigenvalue weighted by atomic mass is 10.2. The molecule has 0 aromatic carbocycles. The second-order valence-electron chi connectivity index (χ2n) is 4.34. The van der Waals surface area contributed by atoms with Crippen molar-refractivity contribution in [2.45, 2.75) is 31.4 Å². The molecule has 0 unspecified atom stereocenters. The van der Waals surface area contributed by atoms with Gasteiger partial charge < -0.3 is 5.41 Å². The van der Waals surface area contributed by atoms with E-state index in [9.17, 15) is 13.2 Å². The third-order valence-corrected chi connectivity index (χ3v) is 4.72. The summed E-state index contributed by atoms with van der Waals surface area (Å²) in [6.07, 6.45) is 1.92. The Morgan fingerprint density at radius 3 is 2.33 bits per heavy atom. The number of sulfonamides is 1. The Morgan fingerprint density at radius 2 is 1.93 bits per heavy atom. The van der Waals surface area contributed by atoms with Crippen molar-refractivity contribution in [2.24, 2.45) is 11.8 Å². The van der Waals surface area contributed by atoms with E-state index in [1.807, 2.05) is 0 Å². The van der Waals surface area contributed by atoms with E-state index >= 15 is 0 Å². The van der Waals surface area contributed by atoms with E-state index in [0.717, 1.165) is 0 Å². The SMILES string of the molecule is CC(=N)[C@H]1C[C@H]1C(=O)NS(=O)(=O)C1CC1. The first-order chi connectivity index (χ1) is 6.92. The fourth-order valence-corrected chi connectivity index (χ4v) is 3.00. The van der Waals surface area contributed by atoms with Crippen molar-refractivity contribution in [3.8, 4) is 0 Å². The molecular weight excluding hydrogens is 216 g/mol. The van der Waals surface area contributed by atoms with Crippen LogP contribution in [0, 0.1) is 17.2 Å². The highest BCUT2D eigenvalue weighted by atomic mass is 32.2. The van der Waals surface area contributed by atoms with Gasteiger partial charge in [-0.1, -0.05) is 0 Å². The van der Waals surface area contributed by atoms with Crippen molar-refractivity contribution in [1.29, 1.82) is 5.41 Å². The Hall–Kier alpha value is -0.910. The number of nitrogens with one attached hydrogen (secondary N) is 2. The van der Waals surface area contributed by atoms with Crippen molar-refractivity contribution < 1.29 is 13.2 Å².